The van der Waals surface area contributed by atoms with Gasteiger partial charge in [0.05, 0.1) is 12.7 Å². The van der Waals surface area contributed by atoms with Crippen LogP contribution in [-0.2, 0) is 14.8 Å². The summed E-state index contributed by atoms with van der Waals surface area (Å²) in [5.74, 6) is -0.851. The summed E-state index contributed by atoms with van der Waals surface area (Å²) < 4.78 is 45.4. The van der Waals surface area contributed by atoms with Crippen LogP contribution in [0, 0.1) is 17.1 Å². The lowest BCUT2D eigenvalue weighted by Gasteiger charge is -2.34. The minimum Gasteiger partial charge on any atom is -0.374 e. The van der Waals surface area contributed by atoms with E-state index in [9.17, 15) is 12.8 Å². The first-order valence-electron chi connectivity index (χ1n) is 6.44. The molecule has 1 heterocycles. The van der Waals surface area contributed by atoms with E-state index in [1.807, 2.05) is 0 Å². The van der Waals surface area contributed by atoms with Crippen molar-refractivity contribution in [1.82, 2.24) is 4.31 Å². The van der Waals surface area contributed by atoms with Crippen molar-refractivity contribution >= 4 is 10.0 Å². The first-order valence-corrected chi connectivity index (χ1v) is 7.88. The molecule has 0 amide bonds. The number of ether oxygens (including phenoxy) is 1. The number of nitrogens with zero attached hydrogens (tertiary/aromatic N) is 2. The molecular weight excluding hydrogens is 297 g/mol. The minimum atomic E-state index is -3.96. The van der Waals surface area contributed by atoms with Crippen LogP contribution >= 0.6 is 0 Å². The molecule has 114 valence electrons. The number of benzene rings is 1. The second-order valence-corrected chi connectivity index (χ2v) is 6.76. The Morgan fingerprint density at radius 2 is 2.29 bits per heavy atom. The summed E-state index contributed by atoms with van der Waals surface area (Å²) in [5.41, 5.74) is 5.26. The monoisotopic (exact) mass is 313 g/mol. The predicted octanol–water partition coefficient (Wildman–Crippen LogP) is 0.434. The standard InChI is InChI=1S/C13H16FN3O3S/c1-9(16)12-8-17(5-6-20-12)21(18,19)13-4-2-3-11(14)10(13)7-15/h2-4,9,12H,5-6,8,16H2,1H3. The van der Waals surface area contributed by atoms with Gasteiger partial charge in [-0.2, -0.15) is 9.57 Å². The molecule has 1 aliphatic rings. The van der Waals surface area contributed by atoms with Crippen LogP contribution in [0.25, 0.3) is 0 Å². The molecule has 1 aromatic carbocycles. The molecule has 0 saturated carbocycles. The van der Waals surface area contributed by atoms with Crippen molar-refractivity contribution in [3.63, 3.8) is 0 Å². The van der Waals surface area contributed by atoms with Crippen molar-refractivity contribution in [2.45, 2.75) is 24.0 Å². The van der Waals surface area contributed by atoms with Gasteiger partial charge in [0.2, 0.25) is 10.0 Å². The Morgan fingerprint density at radius 1 is 1.57 bits per heavy atom. The fourth-order valence-corrected chi connectivity index (χ4v) is 3.74. The van der Waals surface area contributed by atoms with Gasteiger partial charge in [0.25, 0.3) is 0 Å². The molecule has 1 saturated heterocycles. The quantitative estimate of drug-likeness (QED) is 0.873. The van der Waals surface area contributed by atoms with E-state index in [4.69, 9.17) is 15.7 Å². The van der Waals surface area contributed by atoms with Crippen LogP contribution in [0.4, 0.5) is 4.39 Å². The first kappa shape index (κ1) is 15.9. The fraction of sp³-hybridized carbons (Fsp3) is 0.462. The Balaban J connectivity index is 2.39. The van der Waals surface area contributed by atoms with E-state index in [1.54, 1.807) is 13.0 Å². The lowest BCUT2D eigenvalue weighted by molar-refractivity contribution is -0.0120. The summed E-state index contributed by atoms with van der Waals surface area (Å²) >= 11 is 0. The molecule has 1 fully saturated rings. The molecule has 0 bridgehead atoms. The molecule has 1 aromatic rings. The van der Waals surface area contributed by atoms with Crippen molar-refractivity contribution in [3.05, 3.63) is 29.6 Å². The number of hydrogen-bond acceptors (Lipinski definition) is 5. The lowest BCUT2D eigenvalue weighted by atomic mass is 10.2. The Labute approximate surface area is 123 Å². The van der Waals surface area contributed by atoms with Crippen LogP contribution in [0.2, 0.25) is 0 Å². The highest BCUT2D eigenvalue weighted by Crippen LogP contribution is 2.24. The van der Waals surface area contributed by atoms with Gasteiger partial charge in [-0.05, 0) is 19.1 Å². The molecule has 8 heteroatoms. The van der Waals surface area contributed by atoms with Gasteiger partial charge < -0.3 is 10.5 Å². The number of nitrogens with two attached hydrogens (primary N) is 1. The van der Waals surface area contributed by atoms with Gasteiger partial charge in [0.15, 0.2) is 0 Å². The molecule has 0 radical (unpaired) electrons. The molecule has 0 spiro atoms. The molecule has 2 N–H and O–H groups in total. The molecule has 21 heavy (non-hydrogen) atoms. The van der Waals surface area contributed by atoms with E-state index in [2.05, 4.69) is 0 Å². The van der Waals surface area contributed by atoms with Crippen LogP contribution in [-0.4, -0.2) is 44.6 Å². The molecule has 6 nitrogen and oxygen atoms in total. The molecular formula is C13H16FN3O3S. The number of rotatable bonds is 3. The van der Waals surface area contributed by atoms with E-state index < -0.39 is 27.5 Å². The van der Waals surface area contributed by atoms with Gasteiger partial charge in [0, 0.05) is 19.1 Å². The highest BCUT2D eigenvalue weighted by Gasteiger charge is 2.34. The maximum atomic E-state index is 13.6. The van der Waals surface area contributed by atoms with E-state index in [-0.39, 0.29) is 30.6 Å². The van der Waals surface area contributed by atoms with Crippen molar-refractivity contribution in [2.24, 2.45) is 5.73 Å². The summed E-state index contributed by atoms with van der Waals surface area (Å²) in [6.45, 7) is 2.17. The van der Waals surface area contributed by atoms with Gasteiger partial charge in [0.1, 0.15) is 22.3 Å². The summed E-state index contributed by atoms with van der Waals surface area (Å²) in [7, 11) is -3.96. The Morgan fingerprint density at radius 3 is 2.90 bits per heavy atom. The van der Waals surface area contributed by atoms with Crippen LogP contribution in [0.3, 0.4) is 0 Å². The minimum absolute atomic E-state index is 0.0847. The summed E-state index contributed by atoms with van der Waals surface area (Å²) in [6.07, 6.45) is -0.424. The third-order valence-corrected chi connectivity index (χ3v) is 5.26. The zero-order valence-corrected chi connectivity index (χ0v) is 12.3. The van der Waals surface area contributed by atoms with Crippen LogP contribution in [0.5, 0.6) is 0 Å². The molecule has 2 atom stereocenters. The van der Waals surface area contributed by atoms with Crippen LogP contribution < -0.4 is 5.73 Å². The molecule has 0 aromatic heterocycles. The van der Waals surface area contributed by atoms with Crippen molar-refractivity contribution < 1.29 is 17.5 Å². The van der Waals surface area contributed by atoms with E-state index >= 15 is 0 Å². The lowest BCUT2D eigenvalue weighted by Crippen LogP contribution is -2.51. The second-order valence-electron chi connectivity index (χ2n) is 4.86. The van der Waals surface area contributed by atoms with Crippen molar-refractivity contribution in [1.29, 1.82) is 5.26 Å². The summed E-state index contributed by atoms with van der Waals surface area (Å²) in [5, 5.41) is 8.98. The van der Waals surface area contributed by atoms with E-state index in [0.29, 0.717) is 0 Å². The topological polar surface area (TPSA) is 96.4 Å². The Hall–Kier alpha value is -1.53. The smallest absolute Gasteiger partial charge is 0.244 e. The molecule has 2 rings (SSSR count). The van der Waals surface area contributed by atoms with Gasteiger partial charge in [-0.25, -0.2) is 12.8 Å². The number of nitriles is 1. The molecule has 0 aliphatic carbocycles. The zero-order chi connectivity index (χ0) is 15.6. The summed E-state index contributed by atoms with van der Waals surface area (Å²) in [4.78, 5) is -0.324. The fourth-order valence-electron chi connectivity index (χ4n) is 2.15. The number of morpholine rings is 1. The number of hydrogen-bond donors (Lipinski definition) is 1. The summed E-state index contributed by atoms with van der Waals surface area (Å²) in [6, 6.07) is 4.84. The SMILES string of the molecule is CC(N)C1CN(S(=O)(=O)c2cccc(F)c2C#N)CCO1. The van der Waals surface area contributed by atoms with Gasteiger partial charge in [-0.1, -0.05) is 6.07 Å². The van der Waals surface area contributed by atoms with Gasteiger partial charge >= 0.3 is 0 Å². The molecule has 1 aliphatic heterocycles. The maximum Gasteiger partial charge on any atom is 0.244 e. The number of halogens is 1. The van der Waals surface area contributed by atoms with Crippen LogP contribution in [0.15, 0.2) is 23.1 Å². The van der Waals surface area contributed by atoms with Gasteiger partial charge in [-0.3, -0.25) is 0 Å². The van der Waals surface area contributed by atoms with Gasteiger partial charge in [-0.15, -0.1) is 0 Å². The van der Waals surface area contributed by atoms with E-state index in [1.165, 1.54) is 16.4 Å². The van der Waals surface area contributed by atoms with E-state index in [0.717, 1.165) is 6.07 Å². The second kappa shape index (κ2) is 6.07. The normalized spacial score (nSPS) is 21.7. The Bertz CT molecular complexity index is 670. The first-order chi connectivity index (χ1) is 9.87. The highest BCUT2D eigenvalue weighted by molar-refractivity contribution is 7.89. The molecule has 2 unspecified atom stereocenters. The highest BCUT2D eigenvalue weighted by atomic mass is 32.2. The average molecular weight is 313 g/mol. The maximum absolute atomic E-state index is 13.6. The largest absolute Gasteiger partial charge is 0.374 e. The third-order valence-electron chi connectivity index (χ3n) is 3.35. The zero-order valence-electron chi connectivity index (χ0n) is 11.5. The third kappa shape index (κ3) is 3.06. The van der Waals surface area contributed by atoms with Crippen molar-refractivity contribution in [3.8, 4) is 6.07 Å². The van der Waals surface area contributed by atoms with Crippen LogP contribution in [0.1, 0.15) is 12.5 Å². The predicted molar refractivity (Wildman–Crippen MR) is 73.3 cm³/mol. The number of sulfonamides is 1. The average Bonchev–Trinajstić information content (AvgIpc) is 2.47. The Kier molecular flexibility index (Phi) is 4.58. The van der Waals surface area contributed by atoms with Crippen molar-refractivity contribution in [2.75, 3.05) is 19.7 Å².